The van der Waals surface area contributed by atoms with E-state index in [0.29, 0.717) is 0 Å². The molecular formula is C4H4CaI2O4. The molecule has 0 aromatic carbocycles. The first kappa shape index (κ1) is 18.4. The van der Waals surface area contributed by atoms with Crippen LogP contribution in [0.5, 0.6) is 0 Å². The van der Waals surface area contributed by atoms with Gasteiger partial charge in [-0.2, -0.15) is 0 Å². The number of carboxylic acid groups (broad SMARTS) is 2. The normalized spacial score (nSPS) is 6.73. The Bertz CT molecular complexity index is 105. The number of carbonyl (C=O) groups excluding carboxylic acids is 2. The molecule has 0 unspecified atom stereocenters. The summed E-state index contributed by atoms with van der Waals surface area (Å²) < 4.78 is 0.162. The summed E-state index contributed by atoms with van der Waals surface area (Å²) >= 11 is 3.43. The molecule has 0 aromatic rings. The molecular weight excluding hydrogens is 406 g/mol. The van der Waals surface area contributed by atoms with Crippen LogP contribution in [-0.4, -0.2) is 58.5 Å². The standard InChI is InChI=1S/2C2H3IO2.Ca/c2*3-1-2(4)5;/h2*1H2,(H,4,5);/q;;+2/p-2. The van der Waals surface area contributed by atoms with E-state index in [0.717, 1.165) is 0 Å². The van der Waals surface area contributed by atoms with Gasteiger partial charge in [0.15, 0.2) is 0 Å². The van der Waals surface area contributed by atoms with Crippen LogP contribution in [0.3, 0.4) is 0 Å². The Hall–Kier alpha value is 1.66. The number of aliphatic carboxylic acids is 2. The van der Waals surface area contributed by atoms with Crippen LogP contribution in [0.15, 0.2) is 0 Å². The minimum atomic E-state index is -1.01. The Kier molecular flexibility index (Phi) is 23.8. The molecule has 0 bridgehead atoms. The Labute approximate surface area is 121 Å². The summed E-state index contributed by atoms with van der Waals surface area (Å²) in [6, 6.07) is 0. The zero-order chi connectivity index (χ0) is 8.57. The number of carbonyl (C=O) groups is 2. The van der Waals surface area contributed by atoms with E-state index in [1.807, 2.05) is 0 Å². The third-order valence-electron chi connectivity index (χ3n) is 0.218. The van der Waals surface area contributed by atoms with Crippen LogP contribution in [0.25, 0.3) is 0 Å². The maximum absolute atomic E-state index is 9.25. The molecule has 11 heavy (non-hydrogen) atoms. The summed E-state index contributed by atoms with van der Waals surface area (Å²) in [4.78, 5) is 18.5. The molecule has 0 rings (SSSR count). The zero-order valence-electron chi connectivity index (χ0n) is 5.51. The number of alkyl halides is 2. The minimum absolute atomic E-state index is 0. The van der Waals surface area contributed by atoms with Crippen molar-refractivity contribution in [3.63, 3.8) is 0 Å². The van der Waals surface area contributed by atoms with Gasteiger partial charge in [-0.15, -0.1) is 0 Å². The van der Waals surface area contributed by atoms with Crippen molar-refractivity contribution in [2.75, 3.05) is 8.86 Å². The van der Waals surface area contributed by atoms with Gasteiger partial charge in [-0.25, -0.2) is 0 Å². The number of hydrogen-bond acceptors (Lipinski definition) is 4. The van der Waals surface area contributed by atoms with E-state index in [4.69, 9.17) is 0 Å². The molecule has 0 N–H and O–H groups in total. The van der Waals surface area contributed by atoms with Crippen molar-refractivity contribution < 1.29 is 19.8 Å². The van der Waals surface area contributed by atoms with Gasteiger partial charge in [0.25, 0.3) is 0 Å². The first-order valence-electron chi connectivity index (χ1n) is 2.06. The van der Waals surface area contributed by atoms with Crippen LogP contribution in [0, 0.1) is 0 Å². The van der Waals surface area contributed by atoms with Gasteiger partial charge in [0.1, 0.15) is 0 Å². The predicted molar refractivity (Wildman–Crippen MR) is 53.5 cm³/mol. The largest absolute Gasteiger partial charge is 2.00 e. The fourth-order valence-electron chi connectivity index (χ4n) is 0. The first-order valence-corrected chi connectivity index (χ1v) is 5.11. The van der Waals surface area contributed by atoms with Gasteiger partial charge in [-0.1, -0.05) is 45.2 Å². The Balaban J connectivity index is -0.000000107. The second-order valence-corrected chi connectivity index (χ2v) is 2.54. The molecule has 0 amide bonds. The van der Waals surface area contributed by atoms with Crippen LogP contribution in [0.2, 0.25) is 0 Å². The summed E-state index contributed by atoms with van der Waals surface area (Å²) in [5.74, 6) is -2.02. The SMILES string of the molecule is O=C([O-])CI.O=C([O-])CI.[Ca+2]. The minimum Gasteiger partial charge on any atom is -0.549 e. The Morgan fingerprint density at radius 1 is 1.00 bits per heavy atom. The smallest absolute Gasteiger partial charge is 0.549 e. The third kappa shape index (κ3) is 34.0. The maximum Gasteiger partial charge on any atom is 2.00 e. The van der Waals surface area contributed by atoms with Gasteiger partial charge in [-0.05, 0) is 0 Å². The van der Waals surface area contributed by atoms with E-state index in [1.165, 1.54) is 0 Å². The van der Waals surface area contributed by atoms with Gasteiger partial charge < -0.3 is 19.8 Å². The fraction of sp³-hybridized carbons (Fsp3) is 0.500. The molecule has 0 aliphatic carbocycles. The zero-order valence-corrected chi connectivity index (χ0v) is 12.0. The predicted octanol–water partition coefficient (Wildman–Crippen LogP) is -2.04. The molecule has 0 heterocycles. The number of rotatable bonds is 2. The number of halogens is 2. The molecule has 0 saturated heterocycles. The third-order valence-corrected chi connectivity index (χ3v) is 1.46. The molecule has 0 saturated carbocycles. The van der Waals surface area contributed by atoms with Crippen molar-refractivity contribution in [2.24, 2.45) is 0 Å². The van der Waals surface area contributed by atoms with Gasteiger partial charge >= 0.3 is 37.7 Å². The van der Waals surface area contributed by atoms with Gasteiger partial charge in [0.05, 0.1) is 11.9 Å². The molecule has 0 atom stereocenters. The average molecular weight is 410 g/mol. The second kappa shape index (κ2) is 14.2. The molecule has 0 aliphatic rings. The molecule has 7 heteroatoms. The van der Waals surface area contributed by atoms with E-state index in [1.54, 1.807) is 45.2 Å². The van der Waals surface area contributed by atoms with Crippen molar-refractivity contribution in [3.05, 3.63) is 0 Å². The summed E-state index contributed by atoms with van der Waals surface area (Å²) in [6.45, 7) is 0. The van der Waals surface area contributed by atoms with Crippen LogP contribution in [-0.2, 0) is 9.59 Å². The number of hydrogen-bond donors (Lipinski definition) is 0. The van der Waals surface area contributed by atoms with E-state index < -0.39 is 11.9 Å². The monoisotopic (exact) mass is 410 g/mol. The van der Waals surface area contributed by atoms with Crippen LogP contribution in [0.1, 0.15) is 0 Å². The molecule has 60 valence electrons. The van der Waals surface area contributed by atoms with Crippen molar-refractivity contribution in [3.8, 4) is 0 Å². The van der Waals surface area contributed by atoms with Gasteiger partial charge in [0, 0.05) is 8.86 Å². The van der Waals surface area contributed by atoms with Crippen molar-refractivity contribution in [2.45, 2.75) is 0 Å². The van der Waals surface area contributed by atoms with E-state index >= 15 is 0 Å². The van der Waals surface area contributed by atoms with Crippen LogP contribution < -0.4 is 10.2 Å². The summed E-state index contributed by atoms with van der Waals surface area (Å²) in [5.41, 5.74) is 0. The van der Waals surface area contributed by atoms with Crippen molar-refractivity contribution >= 4 is 94.9 Å². The average Bonchev–Trinajstić information content (AvgIpc) is 1.89. The maximum atomic E-state index is 9.25. The van der Waals surface area contributed by atoms with Crippen LogP contribution in [0.4, 0.5) is 0 Å². The Morgan fingerprint density at radius 2 is 1.09 bits per heavy atom. The quantitative estimate of drug-likeness (QED) is 0.299. The van der Waals surface area contributed by atoms with Crippen molar-refractivity contribution in [1.82, 2.24) is 0 Å². The van der Waals surface area contributed by atoms with Crippen molar-refractivity contribution in [1.29, 1.82) is 0 Å². The molecule has 0 aromatic heterocycles. The molecule has 0 spiro atoms. The van der Waals surface area contributed by atoms with Crippen LogP contribution >= 0.6 is 45.2 Å². The van der Waals surface area contributed by atoms with E-state index in [9.17, 15) is 19.8 Å². The Morgan fingerprint density at radius 3 is 1.09 bits per heavy atom. The van der Waals surface area contributed by atoms with Gasteiger partial charge in [0.2, 0.25) is 0 Å². The summed E-state index contributed by atoms with van der Waals surface area (Å²) in [6.07, 6.45) is 0. The first-order chi connectivity index (χ1) is 4.54. The second-order valence-electron chi connectivity index (χ2n) is 1.01. The molecule has 4 nitrogen and oxygen atoms in total. The molecule has 0 fully saturated rings. The topological polar surface area (TPSA) is 80.3 Å². The van der Waals surface area contributed by atoms with Gasteiger partial charge in [-0.3, -0.25) is 0 Å². The fourth-order valence-corrected chi connectivity index (χ4v) is 0. The summed E-state index contributed by atoms with van der Waals surface area (Å²) in [7, 11) is 0. The van der Waals surface area contributed by atoms with E-state index in [2.05, 4.69) is 0 Å². The van der Waals surface area contributed by atoms with E-state index in [-0.39, 0.29) is 46.6 Å². The molecule has 0 radical (unpaired) electrons. The number of carboxylic acids is 2. The summed E-state index contributed by atoms with van der Waals surface area (Å²) in [5, 5.41) is 18.5. The molecule has 0 aliphatic heterocycles.